The topological polar surface area (TPSA) is 322 Å². The molecular weight excluding hydrogens is 1590 g/mol. The second kappa shape index (κ2) is 44.5. The summed E-state index contributed by atoms with van der Waals surface area (Å²) in [6.07, 6.45) is 24.8. The van der Waals surface area contributed by atoms with E-state index < -0.39 is 0 Å². The molecule has 2 fully saturated rings. The summed E-state index contributed by atoms with van der Waals surface area (Å²) in [4.78, 5) is 73.1. The van der Waals surface area contributed by atoms with Gasteiger partial charge in [0, 0.05) is 77.7 Å². The lowest BCUT2D eigenvalue weighted by molar-refractivity contribution is -0.127. The van der Waals surface area contributed by atoms with Gasteiger partial charge in [-0.15, -0.1) is 0 Å². The van der Waals surface area contributed by atoms with Gasteiger partial charge in [0.05, 0.1) is 137 Å². The molecule has 0 saturated carbocycles. The second-order valence-corrected chi connectivity index (χ2v) is 29.2. The number of hydrogen-bond donors (Lipinski definition) is 8. The molecule has 0 atom stereocenters. The number of ether oxygens (including phenoxy) is 5. The Hall–Kier alpha value is -14.0. The number of carbonyl (C=O) groups excluding carboxylic acids is 5. The Balaban J connectivity index is 0.000000151. The summed E-state index contributed by atoms with van der Waals surface area (Å²) in [7, 11) is 10.1. The molecule has 2 aliphatic heterocycles. The van der Waals surface area contributed by atoms with Gasteiger partial charge < -0.3 is 59.3 Å². The number of benzene rings is 8. The number of amides is 5. The Bertz CT molecular complexity index is 5880. The van der Waals surface area contributed by atoms with Crippen LogP contribution in [0.3, 0.4) is 0 Å². The molecule has 5 amide bonds. The SMILES string of the molecule is COc1c(C(=O)NCCCN(C)C)ccc2n[nH]c(/C=C/c3ccc(F)cc3)c12.COc1c(C(=O)NCCCN2CCCC2=O)ccc2n[nH]c(/C=C/c3ccc(F)cc3)c12.COc1c(C(=O)NCCCN2CCOCC2)ccc2n[nH]c(/C=C/c3ccc(F)cc3)c12.COc1c(C(=O)NCCCn2ccnc2)ccc2n[nH]c(/C=C/c3ccc(F)cc3)c12. The number of H-pyrrole nitrogens is 4. The molecule has 644 valence electrons. The summed E-state index contributed by atoms with van der Waals surface area (Å²) in [6.45, 7) is 9.63. The third kappa shape index (κ3) is 24.0. The van der Waals surface area contributed by atoms with E-state index in [4.69, 9.17) is 23.7 Å². The van der Waals surface area contributed by atoms with Crippen molar-refractivity contribution in [3.63, 3.8) is 0 Å². The monoisotopic (exact) mass is 1690 g/mol. The van der Waals surface area contributed by atoms with Crippen LogP contribution in [0.1, 0.15) is 125 Å². The van der Waals surface area contributed by atoms with Crippen LogP contribution in [0.5, 0.6) is 23.0 Å². The number of rotatable bonds is 32. The summed E-state index contributed by atoms with van der Waals surface area (Å²) in [5.41, 5.74) is 10.7. The van der Waals surface area contributed by atoms with Crippen LogP contribution >= 0.6 is 0 Å². The van der Waals surface area contributed by atoms with E-state index in [1.54, 1.807) is 117 Å². The molecule has 31 heteroatoms. The lowest BCUT2D eigenvalue weighted by atomic mass is 10.1. The van der Waals surface area contributed by atoms with Crippen molar-refractivity contribution in [1.82, 2.24) is 86.3 Å². The van der Waals surface area contributed by atoms with E-state index in [9.17, 15) is 41.5 Å². The molecule has 124 heavy (non-hydrogen) atoms. The summed E-state index contributed by atoms with van der Waals surface area (Å²) < 4.78 is 82.2. The largest absolute Gasteiger partial charge is 0.495 e. The third-order valence-electron chi connectivity index (χ3n) is 20.5. The minimum atomic E-state index is -0.293. The van der Waals surface area contributed by atoms with Crippen molar-refractivity contribution in [3.8, 4) is 23.0 Å². The average Bonchev–Trinajstić information content (AvgIpc) is 1.63. The highest BCUT2D eigenvalue weighted by molar-refractivity contribution is 6.09. The van der Waals surface area contributed by atoms with Crippen molar-refractivity contribution in [2.24, 2.45) is 0 Å². The summed E-state index contributed by atoms with van der Waals surface area (Å²) in [5, 5.41) is 43.8. The van der Waals surface area contributed by atoms with E-state index in [-0.39, 0.29) is 52.8 Å². The first-order chi connectivity index (χ1) is 60.4. The first kappa shape index (κ1) is 89.2. The van der Waals surface area contributed by atoms with Gasteiger partial charge in [-0.2, -0.15) is 20.4 Å². The van der Waals surface area contributed by atoms with E-state index in [0.29, 0.717) is 146 Å². The minimum absolute atomic E-state index is 0.180. The van der Waals surface area contributed by atoms with Gasteiger partial charge in [0.15, 0.2) is 0 Å². The van der Waals surface area contributed by atoms with E-state index in [0.717, 1.165) is 111 Å². The van der Waals surface area contributed by atoms with Crippen LogP contribution in [-0.2, 0) is 16.1 Å². The highest BCUT2D eigenvalue weighted by atomic mass is 19.1. The fraction of sp³-hybridized carbons (Fsp3) is 0.269. The fourth-order valence-electron chi connectivity index (χ4n) is 14.1. The molecule has 2 saturated heterocycles. The number of carbonyl (C=O) groups is 5. The number of likely N-dealkylation sites (tertiary alicyclic amines) is 1. The minimum Gasteiger partial charge on any atom is -0.495 e. The van der Waals surface area contributed by atoms with Crippen LogP contribution in [0.2, 0.25) is 0 Å². The molecule has 13 aromatic rings. The average molecular weight is 1690 g/mol. The zero-order valence-corrected chi connectivity index (χ0v) is 69.8. The maximum absolute atomic E-state index is 13.1. The summed E-state index contributed by atoms with van der Waals surface area (Å²) in [5.74, 6) is 0.0611. The number of aromatic amines is 4. The number of fused-ring (bicyclic) bond motifs is 4. The van der Waals surface area contributed by atoms with Crippen LogP contribution in [0.4, 0.5) is 17.6 Å². The highest BCUT2D eigenvalue weighted by Crippen LogP contribution is 2.37. The Labute approximate surface area is 713 Å². The number of methoxy groups -OCH3 is 4. The predicted molar refractivity (Wildman–Crippen MR) is 474 cm³/mol. The highest BCUT2D eigenvalue weighted by Gasteiger charge is 2.25. The first-order valence-corrected chi connectivity index (χ1v) is 40.6. The van der Waals surface area contributed by atoms with Gasteiger partial charge in [-0.3, -0.25) is 49.3 Å². The molecule has 0 unspecified atom stereocenters. The molecule has 0 radical (unpaired) electrons. The predicted octanol–water partition coefficient (Wildman–Crippen LogP) is 14.4. The normalized spacial score (nSPS) is 12.9. The number of aryl methyl sites for hydroxylation is 1. The molecule has 27 nitrogen and oxygen atoms in total. The number of nitrogens with one attached hydrogen (secondary N) is 8. The summed E-state index contributed by atoms with van der Waals surface area (Å²) >= 11 is 0. The van der Waals surface area contributed by atoms with E-state index in [1.807, 2.05) is 78.4 Å². The molecular formula is C93H99F4N17O10. The fourth-order valence-corrected chi connectivity index (χ4v) is 14.1. The van der Waals surface area contributed by atoms with Gasteiger partial charge in [-0.25, -0.2) is 22.5 Å². The second-order valence-electron chi connectivity index (χ2n) is 29.2. The van der Waals surface area contributed by atoms with Crippen LogP contribution in [-0.4, -0.2) is 216 Å². The number of hydrogen-bond acceptors (Lipinski definition) is 17. The van der Waals surface area contributed by atoms with Crippen LogP contribution < -0.4 is 40.2 Å². The number of nitrogens with zero attached hydrogens (tertiary/aromatic N) is 9. The molecule has 0 bridgehead atoms. The molecule has 8 aromatic carbocycles. The van der Waals surface area contributed by atoms with Crippen molar-refractivity contribution < 1.29 is 65.2 Å². The van der Waals surface area contributed by atoms with Crippen molar-refractivity contribution in [1.29, 1.82) is 0 Å². The zero-order valence-electron chi connectivity index (χ0n) is 69.8. The molecule has 15 rings (SSSR count). The molecule has 0 spiro atoms. The lowest BCUT2D eigenvalue weighted by Gasteiger charge is -2.26. The van der Waals surface area contributed by atoms with Crippen molar-refractivity contribution >= 4 is 122 Å². The van der Waals surface area contributed by atoms with Gasteiger partial charge in [-0.1, -0.05) is 72.8 Å². The molecule has 7 heterocycles. The Morgan fingerprint density at radius 1 is 0.427 bits per heavy atom. The van der Waals surface area contributed by atoms with Gasteiger partial charge in [-0.05, 0) is 203 Å². The van der Waals surface area contributed by atoms with Crippen LogP contribution in [0.15, 0.2) is 164 Å². The van der Waals surface area contributed by atoms with Crippen molar-refractivity contribution in [2.45, 2.75) is 45.1 Å². The van der Waals surface area contributed by atoms with Gasteiger partial charge >= 0.3 is 0 Å². The van der Waals surface area contributed by atoms with Gasteiger partial charge in [0.2, 0.25) is 5.91 Å². The van der Waals surface area contributed by atoms with Gasteiger partial charge in [0.1, 0.15) is 46.3 Å². The first-order valence-electron chi connectivity index (χ1n) is 40.6. The van der Waals surface area contributed by atoms with E-state index >= 15 is 0 Å². The Kier molecular flexibility index (Phi) is 32.0. The van der Waals surface area contributed by atoms with Crippen molar-refractivity contribution in [2.75, 3.05) is 121 Å². The molecule has 2 aliphatic rings. The van der Waals surface area contributed by atoms with E-state index in [1.165, 1.54) is 69.9 Å². The maximum Gasteiger partial charge on any atom is 0.255 e. The molecule has 5 aromatic heterocycles. The number of morpholine rings is 1. The van der Waals surface area contributed by atoms with E-state index in [2.05, 4.69) is 76.8 Å². The molecule has 0 aliphatic carbocycles. The summed E-state index contributed by atoms with van der Waals surface area (Å²) in [6, 6.07) is 38.7. The number of halogens is 4. The number of aromatic nitrogens is 10. The zero-order chi connectivity index (χ0) is 87.3. The Morgan fingerprint density at radius 3 is 1.05 bits per heavy atom. The molecule has 8 N–H and O–H groups in total. The van der Waals surface area contributed by atoms with Crippen LogP contribution in [0, 0.1) is 23.3 Å². The smallest absolute Gasteiger partial charge is 0.255 e. The third-order valence-corrected chi connectivity index (χ3v) is 20.5. The number of imidazole rings is 1. The van der Waals surface area contributed by atoms with Crippen molar-refractivity contribution in [3.05, 3.63) is 255 Å². The van der Waals surface area contributed by atoms with Gasteiger partial charge in [0.25, 0.3) is 23.6 Å². The Morgan fingerprint density at radius 2 is 0.750 bits per heavy atom. The standard InChI is InChI=1S/C24H27FN4O3.C24H25FN4O3.C23H22FN5O2.C22H25FN4O2/c1-31-23-19(24(30)26-11-2-12-29-13-15-32-16-14-29)8-10-21-22(23)20(27-28-21)9-5-17-3-6-18(25)7-4-17;1-32-23-18(24(31)26-13-3-15-29-14-2-4-21(29)30)10-12-20-22(23)19(27-28-20)11-7-16-5-8-17(25)9-6-16;1-31-22-18(23(30)26-11-2-13-29-14-12-25-15-29)8-10-20-21(22)19(27-28-20)9-5-16-3-6-17(24)7-4-16;1-27(2)14-4-13-24-22(28)17-10-12-19-20(21(17)29-3)18(25-26-19)11-7-15-5-8-16(23)9-6-15/h3-10H,2,11-16H2,1H3,(H,26,30)(H,27,28);5-12H,2-4,13-15H2,1H3,(H,26,31)(H,27,28);3-10,12,14-15H,2,11,13H2,1H3,(H,26,30)(H,27,28);5-12H,4,13-14H2,1-3H3,(H,24,28)(H,25,26)/b9-5+;11-7+;9-5+;11-7+. The maximum atomic E-state index is 13.1. The van der Waals surface area contributed by atoms with Crippen LogP contribution in [0.25, 0.3) is 92.2 Å². The lowest BCUT2D eigenvalue weighted by Crippen LogP contribution is -2.38. The quantitative estimate of drug-likeness (QED) is 0.0143.